The number of methoxy groups -OCH3 is 1. The quantitative estimate of drug-likeness (QED) is 0.273. The van der Waals surface area contributed by atoms with Crippen LogP contribution < -0.4 is 9.64 Å². The van der Waals surface area contributed by atoms with Gasteiger partial charge in [0.05, 0.1) is 12.0 Å². The van der Waals surface area contributed by atoms with Crippen LogP contribution in [0.25, 0.3) is 0 Å². The molecule has 0 aromatic heterocycles. The number of rotatable bonds is 7. The zero-order chi connectivity index (χ0) is 30.2. The molecule has 1 heterocycles. The lowest BCUT2D eigenvalue weighted by molar-refractivity contribution is -0.376. The summed E-state index contributed by atoms with van der Waals surface area (Å²) in [5, 5.41) is 9.75. The maximum absolute atomic E-state index is 13.5. The van der Waals surface area contributed by atoms with Gasteiger partial charge in [0.15, 0.2) is 0 Å². The van der Waals surface area contributed by atoms with Crippen molar-refractivity contribution in [1.82, 2.24) is 4.31 Å². The molecule has 1 saturated heterocycles. The van der Waals surface area contributed by atoms with E-state index in [0.29, 0.717) is 24.3 Å². The number of halogens is 6. The van der Waals surface area contributed by atoms with Gasteiger partial charge in [0.25, 0.3) is 5.60 Å². The molecule has 3 aromatic rings. The highest BCUT2D eigenvalue weighted by atomic mass is 32.2. The van der Waals surface area contributed by atoms with Crippen LogP contribution in [0, 0.1) is 0 Å². The summed E-state index contributed by atoms with van der Waals surface area (Å²) in [6.45, 7) is 0.0740. The first-order valence-corrected chi connectivity index (χ1v) is 14.1. The Labute approximate surface area is 238 Å². The van der Waals surface area contributed by atoms with Gasteiger partial charge in [0.1, 0.15) is 5.75 Å². The minimum Gasteiger partial charge on any atom is -0.497 e. The van der Waals surface area contributed by atoms with Gasteiger partial charge in [-0.3, -0.25) is 0 Å². The fraction of sp³-hybridized carbons (Fsp3) is 0.333. The molecular formula is C27H26F6N2O4S2. The number of aliphatic hydroxyl groups is 1. The fourth-order valence-corrected chi connectivity index (χ4v) is 6.85. The smallest absolute Gasteiger partial charge is 0.430 e. The fourth-order valence-electron chi connectivity index (χ4n) is 4.79. The molecule has 222 valence electrons. The Balaban J connectivity index is 1.69. The Hall–Kier alpha value is -2.94. The number of nitrogens with zero attached hydrogens (tertiary/aromatic N) is 2. The number of sulfonamides is 1. The molecule has 1 aliphatic rings. The number of piperazine rings is 1. The van der Waals surface area contributed by atoms with E-state index in [1.807, 2.05) is 0 Å². The topological polar surface area (TPSA) is 70.1 Å². The third-order valence-corrected chi connectivity index (χ3v) is 9.46. The lowest BCUT2D eigenvalue weighted by Gasteiger charge is -2.42. The van der Waals surface area contributed by atoms with E-state index >= 15 is 0 Å². The van der Waals surface area contributed by atoms with E-state index in [4.69, 9.17) is 4.74 Å². The number of thiol groups is 1. The molecule has 0 amide bonds. The monoisotopic (exact) mass is 620 g/mol. The van der Waals surface area contributed by atoms with Crippen LogP contribution in [0.2, 0.25) is 0 Å². The van der Waals surface area contributed by atoms with Gasteiger partial charge in [-0.05, 0) is 48.4 Å². The van der Waals surface area contributed by atoms with Crippen molar-refractivity contribution in [3.8, 4) is 5.75 Å². The second-order valence-electron chi connectivity index (χ2n) is 9.48. The van der Waals surface area contributed by atoms with Crippen molar-refractivity contribution in [3.63, 3.8) is 0 Å². The molecule has 0 spiro atoms. The molecule has 6 nitrogen and oxygen atoms in total. The van der Waals surface area contributed by atoms with Crippen molar-refractivity contribution in [2.75, 3.05) is 31.6 Å². The van der Waals surface area contributed by atoms with Crippen molar-refractivity contribution in [2.45, 2.75) is 40.2 Å². The number of hydrogen-bond donors (Lipinski definition) is 2. The number of anilines is 1. The van der Waals surface area contributed by atoms with E-state index in [-0.39, 0.29) is 35.1 Å². The molecule has 0 saturated carbocycles. The molecule has 1 aliphatic heterocycles. The molecule has 0 bridgehead atoms. The molecule has 14 heteroatoms. The average molecular weight is 621 g/mol. The van der Waals surface area contributed by atoms with Crippen LogP contribution in [-0.4, -0.2) is 63.0 Å². The van der Waals surface area contributed by atoms with E-state index in [9.17, 15) is 39.9 Å². The van der Waals surface area contributed by atoms with E-state index in [0.717, 1.165) is 17.7 Å². The largest absolute Gasteiger partial charge is 0.497 e. The van der Waals surface area contributed by atoms with Crippen molar-refractivity contribution < 1.29 is 44.6 Å². The highest BCUT2D eigenvalue weighted by Crippen LogP contribution is 2.50. The van der Waals surface area contributed by atoms with Crippen LogP contribution in [0.3, 0.4) is 0 Å². The first-order valence-electron chi connectivity index (χ1n) is 12.2. The number of hydrogen-bond acceptors (Lipinski definition) is 6. The SMILES string of the molecule is COc1ccc(C[C@H]2CN(S(=O)(=O)c3ccccc3S)CCN2c2ccc(C(O)(C(F)(F)F)C(F)(F)F)cc2)cc1. The lowest BCUT2D eigenvalue weighted by atomic mass is 9.92. The second kappa shape index (κ2) is 11.4. The maximum atomic E-state index is 13.5. The van der Waals surface area contributed by atoms with E-state index in [1.165, 1.54) is 17.5 Å². The predicted molar refractivity (Wildman–Crippen MR) is 143 cm³/mol. The molecule has 4 rings (SSSR count). The third kappa shape index (κ3) is 6.01. The Bertz CT molecular complexity index is 1450. The van der Waals surface area contributed by atoms with Gasteiger partial charge >= 0.3 is 12.4 Å². The summed E-state index contributed by atoms with van der Waals surface area (Å²) in [5.41, 5.74) is -5.35. The first-order chi connectivity index (χ1) is 19.1. The Morgan fingerprint density at radius 1 is 0.902 bits per heavy atom. The van der Waals surface area contributed by atoms with Gasteiger partial charge in [-0.15, -0.1) is 12.6 Å². The minimum atomic E-state index is -6.01. The van der Waals surface area contributed by atoms with Crippen LogP contribution in [0.15, 0.2) is 82.6 Å². The minimum absolute atomic E-state index is 0.000346. The van der Waals surface area contributed by atoms with E-state index in [1.54, 1.807) is 47.4 Å². The molecular weight excluding hydrogens is 594 g/mol. The van der Waals surface area contributed by atoms with Crippen molar-refractivity contribution in [2.24, 2.45) is 0 Å². The Morgan fingerprint density at radius 2 is 1.49 bits per heavy atom. The molecule has 0 aliphatic carbocycles. The van der Waals surface area contributed by atoms with Crippen LogP contribution in [0.5, 0.6) is 5.75 Å². The predicted octanol–water partition coefficient (Wildman–Crippen LogP) is 5.42. The molecule has 1 N–H and O–H groups in total. The number of benzene rings is 3. The molecule has 1 fully saturated rings. The number of alkyl halides is 6. The standard InChI is InChI=1S/C27H26F6N2O4S2/c1-39-22-12-6-18(7-13-22)16-21-17-34(41(37,38)24-5-3-2-4-23(24)40)14-15-35(21)20-10-8-19(9-11-20)25(36,26(28,29)30)27(31,32)33/h2-13,21,36,40H,14-17H2,1H3/t21-/m0/s1. The lowest BCUT2D eigenvalue weighted by Crippen LogP contribution is -2.56. The summed E-state index contributed by atoms with van der Waals surface area (Å²) >= 11 is 4.27. The highest BCUT2D eigenvalue weighted by molar-refractivity contribution is 7.90. The summed E-state index contributed by atoms with van der Waals surface area (Å²) in [6.07, 6.45) is -11.7. The van der Waals surface area contributed by atoms with Crippen molar-refractivity contribution >= 4 is 28.3 Å². The summed E-state index contributed by atoms with van der Waals surface area (Å²) < 4.78 is 114. The van der Waals surface area contributed by atoms with E-state index in [2.05, 4.69) is 12.6 Å². The summed E-state index contributed by atoms with van der Waals surface area (Å²) in [5.74, 6) is 0.598. The van der Waals surface area contributed by atoms with Gasteiger partial charge < -0.3 is 14.7 Å². The van der Waals surface area contributed by atoms with Crippen LogP contribution in [0.1, 0.15) is 11.1 Å². The average Bonchev–Trinajstić information content (AvgIpc) is 2.92. The highest BCUT2D eigenvalue weighted by Gasteiger charge is 2.71. The van der Waals surface area contributed by atoms with Gasteiger partial charge in [0.2, 0.25) is 10.0 Å². The van der Waals surface area contributed by atoms with Crippen molar-refractivity contribution in [3.05, 3.63) is 83.9 Å². The Kier molecular flexibility index (Phi) is 8.61. The first kappa shape index (κ1) is 31.0. The molecule has 3 aromatic carbocycles. The maximum Gasteiger partial charge on any atom is 0.430 e. The van der Waals surface area contributed by atoms with Crippen LogP contribution in [-0.2, 0) is 22.0 Å². The van der Waals surface area contributed by atoms with E-state index < -0.39 is 39.6 Å². The van der Waals surface area contributed by atoms with Gasteiger partial charge in [-0.2, -0.15) is 30.6 Å². The van der Waals surface area contributed by atoms with Gasteiger partial charge in [-0.1, -0.05) is 36.4 Å². The zero-order valence-electron chi connectivity index (χ0n) is 21.5. The molecule has 0 radical (unpaired) electrons. The molecule has 0 unspecified atom stereocenters. The van der Waals surface area contributed by atoms with Crippen LogP contribution in [0.4, 0.5) is 32.0 Å². The second-order valence-corrected chi connectivity index (χ2v) is 11.9. The van der Waals surface area contributed by atoms with Crippen molar-refractivity contribution in [1.29, 1.82) is 0 Å². The van der Waals surface area contributed by atoms with Crippen LogP contribution >= 0.6 is 12.6 Å². The zero-order valence-corrected chi connectivity index (χ0v) is 23.2. The number of ether oxygens (including phenoxy) is 1. The summed E-state index contributed by atoms with van der Waals surface area (Å²) in [6, 6.07) is 15.9. The molecule has 41 heavy (non-hydrogen) atoms. The third-order valence-electron chi connectivity index (χ3n) is 7.00. The van der Waals surface area contributed by atoms with Gasteiger partial charge in [0, 0.05) is 41.8 Å². The summed E-state index contributed by atoms with van der Waals surface area (Å²) in [4.78, 5) is 2.01. The van der Waals surface area contributed by atoms with Gasteiger partial charge in [-0.25, -0.2) is 8.42 Å². The summed E-state index contributed by atoms with van der Waals surface area (Å²) in [7, 11) is -2.46. The normalized spacial score (nSPS) is 17.5. The molecule has 1 atom stereocenters. The Morgan fingerprint density at radius 3 is 2.02 bits per heavy atom.